The molecule has 1 saturated carbocycles. The lowest BCUT2D eigenvalue weighted by Crippen LogP contribution is -2.52. The van der Waals surface area contributed by atoms with Crippen LogP contribution >= 0.6 is 0 Å². The third-order valence-corrected chi connectivity index (χ3v) is 4.64. The Balaban J connectivity index is 2.13. The van der Waals surface area contributed by atoms with E-state index in [0.717, 1.165) is 19.4 Å². The minimum atomic E-state index is -0.144. The van der Waals surface area contributed by atoms with E-state index in [1.165, 1.54) is 25.7 Å². The maximum absolute atomic E-state index is 11.9. The van der Waals surface area contributed by atoms with Crippen molar-refractivity contribution in [3.8, 4) is 0 Å². The molecule has 1 spiro atoms. The lowest BCUT2D eigenvalue weighted by molar-refractivity contribution is -0.143. The van der Waals surface area contributed by atoms with E-state index >= 15 is 0 Å². The fourth-order valence-corrected chi connectivity index (χ4v) is 3.58. The predicted octanol–water partition coefficient (Wildman–Crippen LogP) is 2.54. The first-order chi connectivity index (χ1) is 8.08. The van der Waals surface area contributed by atoms with Crippen LogP contribution in [-0.2, 0) is 9.59 Å². The number of Topliss-reactive ketones (excluding diaryl/α,β-unsaturated/α-hetero) is 1. The van der Waals surface area contributed by atoms with Crippen LogP contribution in [0, 0.1) is 5.41 Å². The fourth-order valence-electron chi connectivity index (χ4n) is 3.58. The molecule has 0 aromatic carbocycles. The summed E-state index contributed by atoms with van der Waals surface area (Å²) < 4.78 is 0. The molecular weight excluding hydrogens is 214 g/mol. The maximum atomic E-state index is 11.9. The van der Waals surface area contributed by atoms with E-state index in [1.54, 1.807) is 6.92 Å². The molecule has 3 nitrogen and oxygen atoms in total. The average Bonchev–Trinajstić information content (AvgIpc) is 2.76. The number of nitrogens with zero attached hydrogens (tertiary/aromatic N) is 1. The summed E-state index contributed by atoms with van der Waals surface area (Å²) in [4.78, 5) is 25.5. The number of rotatable bonds is 2. The van der Waals surface area contributed by atoms with Gasteiger partial charge in [-0.1, -0.05) is 19.8 Å². The van der Waals surface area contributed by atoms with Gasteiger partial charge in [-0.15, -0.1) is 0 Å². The Morgan fingerprint density at radius 1 is 1.24 bits per heavy atom. The maximum Gasteiger partial charge on any atom is 0.222 e. The molecule has 0 bridgehead atoms. The van der Waals surface area contributed by atoms with Gasteiger partial charge in [-0.3, -0.25) is 9.59 Å². The second kappa shape index (κ2) is 4.79. The molecule has 96 valence electrons. The molecular formula is C14H23NO2. The van der Waals surface area contributed by atoms with Gasteiger partial charge in [0.1, 0.15) is 0 Å². The van der Waals surface area contributed by atoms with Gasteiger partial charge in [0.25, 0.3) is 0 Å². The molecule has 1 amide bonds. The largest absolute Gasteiger partial charge is 0.333 e. The Labute approximate surface area is 104 Å². The molecule has 0 aromatic rings. The summed E-state index contributed by atoms with van der Waals surface area (Å²) >= 11 is 0. The van der Waals surface area contributed by atoms with Crippen molar-refractivity contribution in [2.45, 2.75) is 64.8 Å². The zero-order valence-electron chi connectivity index (χ0n) is 11.0. The first-order valence-electron chi connectivity index (χ1n) is 6.88. The van der Waals surface area contributed by atoms with E-state index in [1.807, 2.05) is 11.8 Å². The lowest BCUT2D eigenvalue weighted by Gasteiger charge is -2.44. The molecule has 0 aromatic heterocycles. The Bertz CT molecular complexity index is 318. The molecule has 1 atom stereocenters. The van der Waals surface area contributed by atoms with Crippen molar-refractivity contribution in [3.63, 3.8) is 0 Å². The van der Waals surface area contributed by atoms with Crippen LogP contribution < -0.4 is 0 Å². The summed E-state index contributed by atoms with van der Waals surface area (Å²) in [6, 6.07) is -0.144. The second-order valence-corrected chi connectivity index (χ2v) is 5.73. The Kier molecular flexibility index (Phi) is 3.55. The van der Waals surface area contributed by atoms with Gasteiger partial charge in [-0.25, -0.2) is 0 Å². The SMILES string of the molecule is CCC(=O)N1CCC2(CCCC2)C[C@H]1C(C)=O. The topological polar surface area (TPSA) is 37.4 Å². The van der Waals surface area contributed by atoms with Crippen LogP contribution in [0.5, 0.6) is 0 Å². The van der Waals surface area contributed by atoms with Gasteiger partial charge in [0.15, 0.2) is 5.78 Å². The highest BCUT2D eigenvalue weighted by atomic mass is 16.2. The summed E-state index contributed by atoms with van der Waals surface area (Å²) in [5.74, 6) is 0.302. The number of carbonyl (C=O) groups excluding carboxylic acids is 2. The lowest BCUT2D eigenvalue weighted by atomic mass is 9.73. The molecule has 2 aliphatic rings. The Morgan fingerprint density at radius 3 is 2.41 bits per heavy atom. The molecule has 0 unspecified atom stereocenters. The van der Waals surface area contributed by atoms with Crippen molar-refractivity contribution in [1.29, 1.82) is 0 Å². The smallest absolute Gasteiger partial charge is 0.222 e. The van der Waals surface area contributed by atoms with E-state index in [4.69, 9.17) is 0 Å². The fraction of sp³-hybridized carbons (Fsp3) is 0.857. The van der Waals surface area contributed by atoms with E-state index in [-0.39, 0.29) is 17.7 Å². The number of carbonyl (C=O) groups is 2. The van der Waals surface area contributed by atoms with Gasteiger partial charge in [0.05, 0.1) is 6.04 Å². The summed E-state index contributed by atoms with van der Waals surface area (Å²) in [5.41, 5.74) is 0.376. The Morgan fingerprint density at radius 2 is 1.88 bits per heavy atom. The first-order valence-corrected chi connectivity index (χ1v) is 6.88. The average molecular weight is 237 g/mol. The van der Waals surface area contributed by atoms with Crippen LogP contribution in [-0.4, -0.2) is 29.2 Å². The van der Waals surface area contributed by atoms with E-state index in [2.05, 4.69) is 0 Å². The molecule has 17 heavy (non-hydrogen) atoms. The molecule has 0 N–H and O–H groups in total. The molecule has 1 aliphatic heterocycles. The standard InChI is InChI=1S/C14H23NO2/c1-3-13(17)15-9-8-14(6-4-5-7-14)10-12(15)11(2)16/h12H,3-10H2,1-2H3/t12-/m0/s1. The number of likely N-dealkylation sites (tertiary alicyclic amines) is 1. The second-order valence-electron chi connectivity index (χ2n) is 5.73. The molecule has 0 radical (unpaired) electrons. The monoisotopic (exact) mass is 237 g/mol. The number of hydrogen-bond acceptors (Lipinski definition) is 2. The van der Waals surface area contributed by atoms with Gasteiger partial charge in [-0.05, 0) is 38.0 Å². The van der Waals surface area contributed by atoms with Crippen LogP contribution in [0.15, 0.2) is 0 Å². The molecule has 2 rings (SSSR count). The number of ketones is 1. The third kappa shape index (κ3) is 2.38. The van der Waals surface area contributed by atoms with Gasteiger partial charge in [-0.2, -0.15) is 0 Å². The van der Waals surface area contributed by atoms with Crippen LogP contribution in [0.1, 0.15) is 58.8 Å². The highest BCUT2D eigenvalue weighted by Crippen LogP contribution is 2.48. The van der Waals surface area contributed by atoms with Crippen LogP contribution in [0.3, 0.4) is 0 Å². The van der Waals surface area contributed by atoms with Crippen LogP contribution in [0.2, 0.25) is 0 Å². The van der Waals surface area contributed by atoms with Crippen LogP contribution in [0.4, 0.5) is 0 Å². The quantitative estimate of drug-likeness (QED) is 0.740. The molecule has 2 fully saturated rings. The Hall–Kier alpha value is -0.860. The highest BCUT2D eigenvalue weighted by molar-refractivity contribution is 5.87. The van der Waals surface area contributed by atoms with Crippen molar-refractivity contribution in [2.24, 2.45) is 5.41 Å². The van der Waals surface area contributed by atoms with Crippen LogP contribution in [0.25, 0.3) is 0 Å². The number of amides is 1. The number of hydrogen-bond donors (Lipinski definition) is 0. The molecule has 1 aliphatic carbocycles. The van der Waals surface area contributed by atoms with Crippen molar-refractivity contribution in [3.05, 3.63) is 0 Å². The van der Waals surface area contributed by atoms with E-state index in [0.29, 0.717) is 11.8 Å². The summed E-state index contributed by atoms with van der Waals surface area (Å²) in [7, 11) is 0. The van der Waals surface area contributed by atoms with Gasteiger partial charge in [0.2, 0.25) is 5.91 Å². The van der Waals surface area contributed by atoms with Crippen molar-refractivity contribution in [1.82, 2.24) is 4.90 Å². The van der Waals surface area contributed by atoms with Crippen molar-refractivity contribution < 1.29 is 9.59 Å². The van der Waals surface area contributed by atoms with Crippen molar-refractivity contribution in [2.75, 3.05) is 6.54 Å². The number of piperidine rings is 1. The van der Waals surface area contributed by atoms with Gasteiger partial charge >= 0.3 is 0 Å². The zero-order chi connectivity index (χ0) is 12.5. The summed E-state index contributed by atoms with van der Waals surface area (Å²) in [6.45, 7) is 4.30. The highest BCUT2D eigenvalue weighted by Gasteiger charge is 2.43. The minimum Gasteiger partial charge on any atom is -0.333 e. The first kappa shape index (κ1) is 12.6. The predicted molar refractivity (Wildman–Crippen MR) is 66.6 cm³/mol. The molecule has 1 heterocycles. The summed E-state index contributed by atoms with van der Waals surface area (Å²) in [5, 5.41) is 0. The van der Waals surface area contributed by atoms with Crippen molar-refractivity contribution >= 4 is 11.7 Å². The van der Waals surface area contributed by atoms with E-state index < -0.39 is 0 Å². The summed E-state index contributed by atoms with van der Waals surface area (Å²) in [6.07, 6.45) is 7.63. The minimum absolute atomic E-state index is 0.137. The van der Waals surface area contributed by atoms with E-state index in [9.17, 15) is 9.59 Å². The zero-order valence-corrected chi connectivity index (χ0v) is 11.0. The van der Waals surface area contributed by atoms with Gasteiger partial charge < -0.3 is 4.90 Å². The molecule has 1 saturated heterocycles. The molecule has 3 heteroatoms. The normalized spacial score (nSPS) is 27.4. The third-order valence-electron chi connectivity index (χ3n) is 4.64. The van der Waals surface area contributed by atoms with Gasteiger partial charge in [0, 0.05) is 13.0 Å².